The van der Waals surface area contributed by atoms with Crippen molar-refractivity contribution in [3.8, 4) is 0 Å². The summed E-state index contributed by atoms with van der Waals surface area (Å²) in [5.74, 6) is -0.123. The summed E-state index contributed by atoms with van der Waals surface area (Å²) in [6, 6.07) is 16.0. The Bertz CT molecular complexity index is 709. The minimum atomic E-state index is -0.462. The zero-order valence-corrected chi connectivity index (χ0v) is 15.9. The number of carbonyl (C=O) groups excluding carboxylic acids is 1. The van der Waals surface area contributed by atoms with Gasteiger partial charge in [0.05, 0.1) is 6.04 Å². The molecule has 4 nitrogen and oxygen atoms in total. The normalized spacial score (nSPS) is 13.3. The van der Waals surface area contributed by atoms with Gasteiger partial charge in [-0.15, -0.1) is 24.8 Å². The average Bonchev–Trinajstić information content (AvgIpc) is 2.99. The Morgan fingerprint density at radius 1 is 1.16 bits per heavy atom. The van der Waals surface area contributed by atoms with E-state index in [4.69, 9.17) is 5.73 Å². The third-order valence-electron chi connectivity index (χ3n) is 4.40. The van der Waals surface area contributed by atoms with Crippen LogP contribution in [0.15, 0.2) is 48.5 Å². The quantitative estimate of drug-likeness (QED) is 0.828. The molecule has 1 aliphatic heterocycles. The average molecular weight is 382 g/mol. The topological polar surface area (TPSA) is 58.4 Å². The summed E-state index contributed by atoms with van der Waals surface area (Å²) in [4.78, 5) is 14.4. The summed E-state index contributed by atoms with van der Waals surface area (Å²) in [5, 5.41) is 2.97. The molecule has 0 unspecified atom stereocenters. The summed E-state index contributed by atoms with van der Waals surface area (Å²) in [6.07, 6.45) is 1.71. The Labute approximate surface area is 161 Å². The van der Waals surface area contributed by atoms with Gasteiger partial charge in [0.1, 0.15) is 0 Å². The Kier molecular flexibility index (Phi) is 8.23. The van der Waals surface area contributed by atoms with E-state index in [1.807, 2.05) is 25.1 Å². The number of nitrogens with zero attached hydrogens (tertiary/aromatic N) is 1. The summed E-state index contributed by atoms with van der Waals surface area (Å²) in [5.41, 5.74) is 10.5. The summed E-state index contributed by atoms with van der Waals surface area (Å²) in [7, 11) is 0. The number of carbonyl (C=O) groups is 1. The van der Waals surface area contributed by atoms with Gasteiger partial charge in [0.15, 0.2) is 0 Å². The monoisotopic (exact) mass is 381 g/mol. The van der Waals surface area contributed by atoms with Gasteiger partial charge in [-0.3, -0.25) is 4.79 Å². The highest BCUT2D eigenvalue weighted by Gasteiger charge is 2.20. The van der Waals surface area contributed by atoms with Crippen LogP contribution in [0.1, 0.15) is 24.5 Å². The molecule has 0 aromatic heterocycles. The number of nitrogens with two attached hydrogens (primary N) is 1. The Balaban J connectivity index is 0.00000156. The third kappa shape index (κ3) is 4.88. The lowest BCUT2D eigenvalue weighted by molar-refractivity contribution is -0.117. The van der Waals surface area contributed by atoms with Crippen molar-refractivity contribution >= 4 is 42.1 Å². The molecule has 3 N–H and O–H groups in total. The number of anilines is 2. The molecule has 1 aliphatic rings. The van der Waals surface area contributed by atoms with Gasteiger partial charge in [0.2, 0.25) is 5.91 Å². The van der Waals surface area contributed by atoms with Gasteiger partial charge in [0, 0.05) is 24.5 Å². The molecular formula is C19H25Cl2N3O. The number of rotatable bonds is 5. The molecule has 0 spiro atoms. The molecule has 0 aliphatic carbocycles. The molecule has 25 heavy (non-hydrogen) atoms. The van der Waals surface area contributed by atoms with Crippen LogP contribution in [-0.4, -0.2) is 18.5 Å². The fourth-order valence-corrected chi connectivity index (χ4v) is 2.97. The zero-order chi connectivity index (χ0) is 16.2. The number of benzene rings is 2. The number of para-hydroxylation sites is 2. The molecule has 0 radical (unpaired) electrons. The van der Waals surface area contributed by atoms with E-state index in [2.05, 4.69) is 40.5 Å². The standard InChI is InChI=1S/C19H23N3O.2ClH/c1-2-16(20)19(23)21-17-9-5-3-8-15(17)13-22-12-11-14-7-4-6-10-18(14)22;;/h3-10,16H,2,11-13,20H2,1H3,(H,21,23);2*1H/t16-;;/m0../s1. The Hall–Kier alpha value is -1.75. The first-order valence-electron chi connectivity index (χ1n) is 8.16. The van der Waals surface area contributed by atoms with Crippen molar-refractivity contribution < 1.29 is 4.79 Å². The first kappa shape index (κ1) is 21.3. The number of nitrogens with one attached hydrogen (secondary N) is 1. The van der Waals surface area contributed by atoms with Crippen LogP contribution < -0.4 is 16.0 Å². The van der Waals surface area contributed by atoms with Crippen LogP contribution >= 0.6 is 24.8 Å². The van der Waals surface area contributed by atoms with Gasteiger partial charge in [0.25, 0.3) is 0 Å². The van der Waals surface area contributed by atoms with E-state index in [0.29, 0.717) is 6.42 Å². The summed E-state index contributed by atoms with van der Waals surface area (Å²) < 4.78 is 0. The number of halogens is 2. The van der Waals surface area contributed by atoms with Gasteiger partial charge >= 0.3 is 0 Å². The minimum Gasteiger partial charge on any atom is -0.367 e. The molecule has 0 saturated carbocycles. The fourth-order valence-electron chi connectivity index (χ4n) is 2.97. The number of hydrogen-bond donors (Lipinski definition) is 2. The summed E-state index contributed by atoms with van der Waals surface area (Å²) in [6.45, 7) is 3.71. The van der Waals surface area contributed by atoms with Crippen LogP contribution in [0.3, 0.4) is 0 Å². The van der Waals surface area contributed by atoms with Gasteiger partial charge in [-0.1, -0.05) is 43.3 Å². The van der Waals surface area contributed by atoms with E-state index in [0.717, 1.165) is 30.8 Å². The molecule has 0 saturated heterocycles. The van der Waals surface area contributed by atoms with Crippen molar-refractivity contribution in [3.05, 3.63) is 59.7 Å². The predicted octanol–water partition coefficient (Wildman–Crippen LogP) is 3.77. The molecule has 6 heteroatoms. The maximum atomic E-state index is 12.1. The minimum absolute atomic E-state index is 0. The molecule has 1 amide bonds. The maximum absolute atomic E-state index is 12.1. The van der Waals surface area contributed by atoms with E-state index in [1.54, 1.807) is 0 Å². The van der Waals surface area contributed by atoms with Crippen molar-refractivity contribution in [1.29, 1.82) is 0 Å². The number of amides is 1. The van der Waals surface area contributed by atoms with Crippen LogP contribution in [-0.2, 0) is 17.8 Å². The summed E-state index contributed by atoms with van der Waals surface area (Å²) >= 11 is 0. The van der Waals surface area contributed by atoms with Crippen LogP contribution in [0.5, 0.6) is 0 Å². The van der Waals surface area contributed by atoms with Crippen molar-refractivity contribution in [2.75, 3.05) is 16.8 Å². The van der Waals surface area contributed by atoms with Gasteiger partial charge in [-0.2, -0.15) is 0 Å². The first-order chi connectivity index (χ1) is 11.2. The molecular weight excluding hydrogens is 357 g/mol. The van der Waals surface area contributed by atoms with Gasteiger partial charge in [-0.05, 0) is 36.1 Å². The Morgan fingerprint density at radius 3 is 2.60 bits per heavy atom. The number of hydrogen-bond acceptors (Lipinski definition) is 3. The first-order valence-corrected chi connectivity index (χ1v) is 8.16. The highest BCUT2D eigenvalue weighted by atomic mass is 35.5. The lowest BCUT2D eigenvalue weighted by Gasteiger charge is -2.22. The highest BCUT2D eigenvalue weighted by Crippen LogP contribution is 2.30. The Morgan fingerprint density at radius 2 is 1.84 bits per heavy atom. The molecule has 3 rings (SSSR count). The second-order valence-electron chi connectivity index (χ2n) is 5.96. The molecule has 0 bridgehead atoms. The molecule has 2 aromatic carbocycles. The van der Waals surface area contributed by atoms with E-state index in [9.17, 15) is 4.79 Å². The van der Waals surface area contributed by atoms with Gasteiger partial charge in [-0.25, -0.2) is 0 Å². The molecule has 0 fully saturated rings. The SMILES string of the molecule is CC[C@H](N)C(=O)Nc1ccccc1CN1CCc2ccccc21.Cl.Cl. The van der Waals surface area contributed by atoms with Crippen LogP contribution in [0, 0.1) is 0 Å². The van der Waals surface area contributed by atoms with Crippen molar-refractivity contribution in [3.63, 3.8) is 0 Å². The van der Waals surface area contributed by atoms with E-state index < -0.39 is 6.04 Å². The molecule has 2 aromatic rings. The molecule has 1 atom stereocenters. The fraction of sp³-hybridized carbons (Fsp3) is 0.316. The van der Waals surface area contributed by atoms with E-state index in [1.165, 1.54) is 11.3 Å². The molecule has 1 heterocycles. The van der Waals surface area contributed by atoms with E-state index in [-0.39, 0.29) is 30.7 Å². The highest BCUT2D eigenvalue weighted by molar-refractivity contribution is 5.95. The lowest BCUT2D eigenvalue weighted by Crippen LogP contribution is -2.35. The van der Waals surface area contributed by atoms with Crippen molar-refractivity contribution in [1.82, 2.24) is 0 Å². The predicted molar refractivity (Wildman–Crippen MR) is 109 cm³/mol. The van der Waals surface area contributed by atoms with Crippen LogP contribution in [0.25, 0.3) is 0 Å². The zero-order valence-electron chi connectivity index (χ0n) is 14.3. The third-order valence-corrected chi connectivity index (χ3v) is 4.40. The second-order valence-corrected chi connectivity index (χ2v) is 5.96. The number of fused-ring (bicyclic) bond motifs is 1. The molecule has 136 valence electrons. The van der Waals surface area contributed by atoms with Crippen molar-refractivity contribution in [2.45, 2.75) is 32.4 Å². The van der Waals surface area contributed by atoms with E-state index >= 15 is 0 Å². The lowest BCUT2D eigenvalue weighted by atomic mass is 10.1. The smallest absolute Gasteiger partial charge is 0.241 e. The van der Waals surface area contributed by atoms with Crippen LogP contribution in [0.4, 0.5) is 11.4 Å². The van der Waals surface area contributed by atoms with Crippen LogP contribution in [0.2, 0.25) is 0 Å². The largest absolute Gasteiger partial charge is 0.367 e. The van der Waals surface area contributed by atoms with Gasteiger partial charge < -0.3 is 16.0 Å². The maximum Gasteiger partial charge on any atom is 0.241 e. The second kappa shape index (κ2) is 9.66. The van der Waals surface area contributed by atoms with Crippen molar-refractivity contribution in [2.24, 2.45) is 5.73 Å².